The maximum absolute atomic E-state index is 12.3. The lowest BCUT2D eigenvalue weighted by molar-refractivity contribution is 0.0940. The van der Waals surface area contributed by atoms with Gasteiger partial charge in [0.2, 0.25) is 0 Å². The first-order valence-electron chi connectivity index (χ1n) is 7.61. The van der Waals surface area contributed by atoms with Gasteiger partial charge >= 0.3 is 0 Å². The van der Waals surface area contributed by atoms with Gasteiger partial charge < -0.3 is 14.5 Å². The van der Waals surface area contributed by atoms with Crippen LogP contribution >= 0.6 is 11.3 Å². The molecule has 1 N–H and O–H groups in total. The Labute approximate surface area is 139 Å². The largest absolute Gasteiger partial charge is 0.490 e. The second-order valence-corrected chi connectivity index (χ2v) is 6.65. The zero-order valence-electron chi connectivity index (χ0n) is 13.4. The average Bonchev–Trinajstić information content (AvgIpc) is 3.14. The fourth-order valence-electron chi connectivity index (χ4n) is 2.43. The number of fused-ring (bicyclic) bond motifs is 1. The molecular formula is C18H19NO3S. The number of nitrogens with one attached hydrogen (secondary N) is 1. The molecule has 3 rings (SSSR count). The van der Waals surface area contributed by atoms with Gasteiger partial charge in [0, 0.05) is 10.3 Å². The molecule has 0 bridgehead atoms. The summed E-state index contributed by atoms with van der Waals surface area (Å²) in [5, 5.41) is 3.95. The summed E-state index contributed by atoms with van der Waals surface area (Å²) >= 11 is 1.48. The van der Waals surface area contributed by atoms with Gasteiger partial charge in [-0.15, -0.1) is 11.3 Å². The van der Waals surface area contributed by atoms with Crippen molar-refractivity contribution in [2.24, 2.45) is 0 Å². The Morgan fingerprint density at radius 1 is 1.35 bits per heavy atom. The summed E-state index contributed by atoms with van der Waals surface area (Å²) < 4.78 is 11.5. The Morgan fingerprint density at radius 3 is 2.87 bits per heavy atom. The number of hydrogen-bond acceptors (Lipinski definition) is 4. The fraction of sp³-hybridized carbons (Fsp3) is 0.278. The minimum Gasteiger partial charge on any atom is -0.490 e. The first-order chi connectivity index (χ1) is 11.1. The zero-order chi connectivity index (χ0) is 16.4. The summed E-state index contributed by atoms with van der Waals surface area (Å²) in [7, 11) is 0. The van der Waals surface area contributed by atoms with Gasteiger partial charge in [-0.2, -0.15) is 0 Å². The van der Waals surface area contributed by atoms with Crippen molar-refractivity contribution < 1.29 is 13.9 Å². The monoisotopic (exact) mass is 329 g/mol. The number of benzene rings is 1. The van der Waals surface area contributed by atoms with Crippen LogP contribution in [0.5, 0.6) is 5.75 Å². The Hall–Kier alpha value is -2.27. The first-order valence-corrected chi connectivity index (χ1v) is 8.42. The predicted octanol–water partition coefficient (Wildman–Crippen LogP) is 4.69. The van der Waals surface area contributed by atoms with Gasteiger partial charge in [0.05, 0.1) is 17.5 Å². The Kier molecular flexibility index (Phi) is 4.39. The van der Waals surface area contributed by atoms with Crippen LogP contribution in [0.4, 0.5) is 0 Å². The highest BCUT2D eigenvalue weighted by Gasteiger charge is 2.17. The smallest absolute Gasteiger partial charge is 0.261 e. The van der Waals surface area contributed by atoms with Crippen molar-refractivity contribution in [3.05, 3.63) is 51.9 Å². The minimum atomic E-state index is -0.216. The van der Waals surface area contributed by atoms with E-state index in [1.807, 2.05) is 57.2 Å². The highest BCUT2D eigenvalue weighted by molar-refractivity contribution is 7.13. The molecule has 4 nitrogen and oxygen atoms in total. The van der Waals surface area contributed by atoms with Crippen molar-refractivity contribution in [1.82, 2.24) is 5.32 Å². The fourth-order valence-corrected chi connectivity index (χ4v) is 3.20. The van der Waals surface area contributed by atoms with Crippen molar-refractivity contribution in [1.29, 1.82) is 0 Å². The maximum Gasteiger partial charge on any atom is 0.261 e. The third kappa shape index (κ3) is 3.24. The molecule has 3 aromatic rings. The summed E-state index contributed by atoms with van der Waals surface area (Å²) in [5.41, 5.74) is 0.720. The molecule has 0 aliphatic carbocycles. The third-order valence-electron chi connectivity index (χ3n) is 3.57. The van der Waals surface area contributed by atoms with Crippen LogP contribution in [0.1, 0.15) is 40.2 Å². The number of thiophene rings is 1. The molecule has 0 aliphatic rings. The Balaban J connectivity index is 1.82. The van der Waals surface area contributed by atoms with E-state index in [0.717, 1.165) is 21.6 Å². The summed E-state index contributed by atoms with van der Waals surface area (Å²) in [6.45, 7) is 6.42. The van der Waals surface area contributed by atoms with Gasteiger partial charge in [-0.25, -0.2) is 0 Å². The molecule has 0 saturated carbocycles. The molecule has 23 heavy (non-hydrogen) atoms. The van der Waals surface area contributed by atoms with Gasteiger partial charge in [0.15, 0.2) is 11.3 Å². The van der Waals surface area contributed by atoms with E-state index < -0.39 is 0 Å². The van der Waals surface area contributed by atoms with E-state index >= 15 is 0 Å². The van der Waals surface area contributed by atoms with E-state index in [0.29, 0.717) is 17.2 Å². The van der Waals surface area contributed by atoms with Crippen molar-refractivity contribution in [2.75, 3.05) is 6.61 Å². The standard InChI is InChI=1S/C18H19NO3S/c1-4-21-14-7-5-6-13-10-15(22-17(13)14)12(3)19-18(20)16-9-8-11(2)23-16/h5-10,12H,4H2,1-3H3,(H,19,20). The van der Waals surface area contributed by atoms with Crippen molar-refractivity contribution in [3.8, 4) is 5.75 Å². The van der Waals surface area contributed by atoms with E-state index in [1.165, 1.54) is 11.3 Å². The molecule has 0 fully saturated rings. The second-order valence-electron chi connectivity index (χ2n) is 5.36. The molecular weight excluding hydrogens is 310 g/mol. The molecule has 1 amide bonds. The van der Waals surface area contributed by atoms with Crippen LogP contribution in [0.2, 0.25) is 0 Å². The number of furan rings is 1. The number of hydrogen-bond donors (Lipinski definition) is 1. The Bertz CT molecular complexity index is 834. The van der Waals surface area contributed by atoms with Crippen LogP contribution in [0, 0.1) is 6.92 Å². The molecule has 0 saturated heterocycles. The van der Waals surface area contributed by atoms with Crippen LogP contribution < -0.4 is 10.1 Å². The van der Waals surface area contributed by atoms with Crippen LogP contribution in [0.15, 0.2) is 40.8 Å². The van der Waals surface area contributed by atoms with E-state index in [2.05, 4.69) is 5.32 Å². The molecule has 0 spiro atoms. The number of rotatable bonds is 5. The topological polar surface area (TPSA) is 51.5 Å². The average molecular weight is 329 g/mol. The lowest BCUT2D eigenvalue weighted by Crippen LogP contribution is -2.25. The SMILES string of the molecule is CCOc1cccc2cc(C(C)NC(=O)c3ccc(C)s3)oc12. The van der Waals surface area contributed by atoms with Gasteiger partial charge in [-0.1, -0.05) is 12.1 Å². The van der Waals surface area contributed by atoms with Crippen molar-refractivity contribution in [2.45, 2.75) is 26.8 Å². The number of amides is 1. The van der Waals surface area contributed by atoms with Crippen molar-refractivity contribution in [3.63, 3.8) is 0 Å². The highest BCUT2D eigenvalue weighted by Crippen LogP contribution is 2.31. The number of para-hydroxylation sites is 1. The summed E-state index contributed by atoms with van der Waals surface area (Å²) in [6.07, 6.45) is 0. The quantitative estimate of drug-likeness (QED) is 0.738. The van der Waals surface area contributed by atoms with Crippen LogP contribution in [-0.2, 0) is 0 Å². The Morgan fingerprint density at radius 2 is 2.17 bits per heavy atom. The number of aryl methyl sites for hydroxylation is 1. The third-order valence-corrected chi connectivity index (χ3v) is 4.56. The highest BCUT2D eigenvalue weighted by atomic mass is 32.1. The van der Waals surface area contributed by atoms with Crippen LogP contribution in [0.3, 0.4) is 0 Å². The molecule has 1 unspecified atom stereocenters. The van der Waals surface area contributed by atoms with E-state index in [-0.39, 0.29) is 11.9 Å². The van der Waals surface area contributed by atoms with E-state index in [1.54, 1.807) is 0 Å². The summed E-state index contributed by atoms with van der Waals surface area (Å²) in [4.78, 5) is 14.1. The minimum absolute atomic E-state index is 0.0823. The lowest BCUT2D eigenvalue weighted by Gasteiger charge is -2.10. The molecule has 2 heterocycles. The summed E-state index contributed by atoms with van der Waals surface area (Å²) in [6, 6.07) is 11.3. The van der Waals surface area contributed by atoms with Gasteiger partial charge in [-0.3, -0.25) is 4.79 Å². The molecule has 1 atom stereocenters. The molecule has 5 heteroatoms. The number of carbonyl (C=O) groups is 1. The van der Waals surface area contributed by atoms with Crippen LogP contribution in [-0.4, -0.2) is 12.5 Å². The lowest BCUT2D eigenvalue weighted by atomic mass is 10.2. The van der Waals surface area contributed by atoms with Crippen molar-refractivity contribution >= 4 is 28.2 Å². The predicted molar refractivity (Wildman–Crippen MR) is 92.3 cm³/mol. The van der Waals surface area contributed by atoms with Crippen LogP contribution in [0.25, 0.3) is 11.0 Å². The molecule has 120 valence electrons. The van der Waals surface area contributed by atoms with E-state index in [9.17, 15) is 4.79 Å². The molecule has 2 aromatic heterocycles. The number of carbonyl (C=O) groups excluding carboxylic acids is 1. The van der Waals surface area contributed by atoms with Gasteiger partial charge in [-0.05, 0) is 45.0 Å². The summed E-state index contributed by atoms with van der Waals surface area (Å²) in [5.74, 6) is 1.36. The molecule has 0 radical (unpaired) electrons. The van der Waals surface area contributed by atoms with E-state index in [4.69, 9.17) is 9.15 Å². The normalized spacial score (nSPS) is 12.3. The van der Waals surface area contributed by atoms with Gasteiger partial charge in [0.25, 0.3) is 5.91 Å². The molecule has 1 aromatic carbocycles. The first kappa shape index (κ1) is 15.6. The number of ether oxygens (including phenoxy) is 1. The zero-order valence-corrected chi connectivity index (χ0v) is 14.2. The molecule has 0 aliphatic heterocycles. The van der Waals surface area contributed by atoms with Gasteiger partial charge in [0.1, 0.15) is 5.76 Å². The maximum atomic E-state index is 12.3. The second kappa shape index (κ2) is 6.46.